The molecule has 0 atom stereocenters. The summed E-state index contributed by atoms with van der Waals surface area (Å²) in [7, 11) is 0. The standard InChI is InChI=1S/C25H17Cl2N/c26-23-11-6-12-24(27)25(23)28(19-8-2-1-3-9-19)20-14-13-18-15-17-7-4-5-10-21(17)22(18)16-20/h1-14,16H,15H2. The first-order valence-corrected chi connectivity index (χ1v) is 9.98. The molecule has 4 aromatic carbocycles. The van der Waals surface area contributed by atoms with Gasteiger partial charge >= 0.3 is 0 Å². The van der Waals surface area contributed by atoms with E-state index in [1.807, 2.05) is 36.4 Å². The van der Waals surface area contributed by atoms with Crippen LogP contribution in [-0.2, 0) is 6.42 Å². The zero-order valence-electron chi connectivity index (χ0n) is 15.1. The third-order valence-corrected chi connectivity index (χ3v) is 5.83. The van der Waals surface area contributed by atoms with Crippen molar-refractivity contribution in [2.45, 2.75) is 6.42 Å². The van der Waals surface area contributed by atoms with Gasteiger partial charge in [0.2, 0.25) is 0 Å². The van der Waals surface area contributed by atoms with Gasteiger partial charge in [0.15, 0.2) is 0 Å². The number of hydrogen-bond donors (Lipinski definition) is 0. The van der Waals surface area contributed by atoms with Crippen molar-refractivity contribution in [3.8, 4) is 11.1 Å². The van der Waals surface area contributed by atoms with Crippen LogP contribution in [0, 0.1) is 0 Å². The second kappa shape index (κ2) is 7.01. The Kier molecular flexibility index (Phi) is 4.35. The summed E-state index contributed by atoms with van der Waals surface area (Å²) in [6.45, 7) is 0. The Balaban J connectivity index is 1.72. The van der Waals surface area contributed by atoms with Crippen molar-refractivity contribution in [1.29, 1.82) is 0 Å². The summed E-state index contributed by atoms with van der Waals surface area (Å²) in [6, 6.07) is 31.0. The molecule has 3 heteroatoms. The van der Waals surface area contributed by atoms with Gasteiger partial charge in [-0.3, -0.25) is 0 Å². The van der Waals surface area contributed by atoms with Gasteiger partial charge in [-0.05, 0) is 65.1 Å². The normalized spacial score (nSPS) is 11.8. The fourth-order valence-electron chi connectivity index (χ4n) is 3.94. The van der Waals surface area contributed by atoms with Gasteiger partial charge in [0.05, 0.1) is 15.7 Å². The number of halogens is 2. The van der Waals surface area contributed by atoms with Crippen molar-refractivity contribution in [3.05, 3.63) is 112 Å². The summed E-state index contributed by atoms with van der Waals surface area (Å²) in [5.74, 6) is 0. The van der Waals surface area contributed by atoms with E-state index in [1.165, 1.54) is 22.3 Å². The van der Waals surface area contributed by atoms with E-state index < -0.39 is 0 Å². The molecule has 1 nitrogen and oxygen atoms in total. The number of benzene rings is 4. The highest BCUT2D eigenvalue weighted by molar-refractivity contribution is 6.39. The molecule has 0 saturated heterocycles. The predicted molar refractivity (Wildman–Crippen MR) is 119 cm³/mol. The Morgan fingerprint density at radius 3 is 2.04 bits per heavy atom. The lowest BCUT2D eigenvalue weighted by atomic mass is 10.0. The van der Waals surface area contributed by atoms with E-state index in [2.05, 4.69) is 59.5 Å². The first-order valence-electron chi connectivity index (χ1n) is 9.23. The number of anilines is 3. The molecule has 0 aromatic heterocycles. The largest absolute Gasteiger partial charge is 0.308 e. The summed E-state index contributed by atoms with van der Waals surface area (Å²) in [5.41, 5.74) is 8.15. The molecular formula is C25H17Cl2N. The fraction of sp³-hybridized carbons (Fsp3) is 0.0400. The van der Waals surface area contributed by atoms with Crippen LogP contribution in [-0.4, -0.2) is 0 Å². The third kappa shape index (κ3) is 2.88. The average molecular weight is 402 g/mol. The molecule has 1 aliphatic rings. The lowest BCUT2D eigenvalue weighted by Crippen LogP contribution is -2.11. The van der Waals surface area contributed by atoms with Crippen molar-refractivity contribution < 1.29 is 0 Å². The van der Waals surface area contributed by atoms with Crippen LogP contribution in [0.25, 0.3) is 11.1 Å². The van der Waals surface area contributed by atoms with E-state index in [-0.39, 0.29) is 0 Å². The Morgan fingerprint density at radius 1 is 0.571 bits per heavy atom. The molecule has 0 radical (unpaired) electrons. The minimum absolute atomic E-state index is 0.622. The quantitative estimate of drug-likeness (QED) is 0.295. The first-order chi connectivity index (χ1) is 13.7. The van der Waals surface area contributed by atoms with Gasteiger partial charge in [0.25, 0.3) is 0 Å². The van der Waals surface area contributed by atoms with Crippen molar-refractivity contribution in [1.82, 2.24) is 0 Å². The molecule has 136 valence electrons. The Labute approximate surface area is 174 Å². The van der Waals surface area contributed by atoms with Gasteiger partial charge in [0, 0.05) is 11.4 Å². The lowest BCUT2D eigenvalue weighted by molar-refractivity contribution is 1.24. The molecule has 0 fully saturated rings. The van der Waals surface area contributed by atoms with Gasteiger partial charge in [-0.15, -0.1) is 0 Å². The Hall–Kier alpha value is -2.74. The fourth-order valence-corrected chi connectivity index (χ4v) is 4.50. The van der Waals surface area contributed by atoms with E-state index in [4.69, 9.17) is 23.2 Å². The van der Waals surface area contributed by atoms with E-state index in [9.17, 15) is 0 Å². The number of para-hydroxylation sites is 2. The van der Waals surface area contributed by atoms with Crippen LogP contribution in [0.3, 0.4) is 0 Å². The molecule has 0 bridgehead atoms. The maximum Gasteiger partial charge on any atom is 0.0835 e. The van der Waals surface area contributed by atoms with Gasteiger partial charge in [-0.2, -0.15) is 0 Å². The molecule has 0 heterocycles. The number of nitrogens with zero attached hydrogens (tertiary/aromatic N) is 1. The van der Waals surface area contributed by atoms with E-state index in [0.29, 0.717) is 10.0 Å². The van der Waals surface area contributed by atoms with Gasteiger partial charge in [-0.25, -0.2) is 0 Å². The number of fused-ring (bicyclic) bond motifs is 3. The van der Waals surface area contributed by atoms with Crippen molar-refractivity contribution in [2.24, 2.45) is 0 Å². The third-order valence-electron chi connectivity index (χ3n) is 5.22. The summed E-state index contributed by atoms with van der Waals surface area (Å²) < 4.78 is 0. The van der Waals surface area contributed by atoms with Crippen LogP contribution < -0.4 is 4.90 Å². The highest BCUT2D eigenvalue weighted by Gasteiger charge is 2.22. The SMILES string of the molecule is Clc1cccc(Cl)c1N(c1ccccc1)c1ccc2c(c1)-c1ccccc1C2. The summed E-state index contributed by atoms with van der Waals surface area (Å²) in [5, 5.41) is 1.24. The Bertz CT molecular complexity index is 1150. The highest BCUT2D eigenvalue weighted by Crippen LogP contribution is 2.45. The zero-order chi connectivity index (χ0) is 19.1. The summed E-state index contributed by atoms with van der Waals surface area (Å²) in [4.78, 5) is 2.13. The smallest absolute Gasteiger partial charge is 0.0835 e. The summed E-state index contributed by atoms with van der Waals surface area (Å²) in [6.07, 6.45) is 0.976. The van der Waals surface area contributed by atoms with Crippen molar-refractivity contribution in [3.63, 3.8) is 0 Å². The van der Waals surface area contributed by atoms with Crippen LogP contribution in [0.1, 0.15) is 11.1 Å². The molecule has 0 N–H and O–H groups in total. The first kappa shape index (κ1) is 17.4. The average Bonchev–Trinajstić information content (AvgIpc) is 3.09. The van der Waals surface area contributed by atoms with Crippen molar-refractivity contribution in [2.75, 3.05) is 4.90 Å². The second-order valence-electron chi connectivity index (χ2n) is 6.92. The maximum atomic E-state index is 6.60. The molecule has 0 aliphatic heterocycles. The monoisotopic (exact) mass is 401 g/mol. The molecule has 1 aliphatic carbocycles. The highest BCUT2D eigenvalue weighted by atomic mass is 35.5. The molecule has 0 amide bonds. The molecule has 0 spiro atoms. The predicted octanol–water partition coefficient (Wildman–Crippen LogP) is 8.03. The molecule has 28 heavy (non-hydrogen) atoms. The van der Waals surface area contributed by atoms with Gasteiger partial charge in [0.1, 0.15) is 0 Å². The molecule has 0 unspecified atom stereocenters. The molecule has 4 aromatic rings. The Morgan fingerprint density at radius 2 is 1.25 bits per heavy atom. The van der Waals surface area contributed by atoms with Gasteiger partial charge < -0.3 is 4.90 Å². The maximum absolute atomic E-state index is 6.60. The van der Waals surface area contributed by atoms with E-state index in [1.54, 1.807) is 0 Å². The van der Waals surface area contributed by atoms with Crippen LogP contribution in [0.4, 0.5) is 17.1 Å². The minimum atomic E-state index is 0.622. The van der Waals surface area contributed by atoms with E-state index >= 15 is 0 Å². The zero-order valence-corrected chi connectivity index (χ0v) is 16.6. The molecule has 5 rings (SSSR count). The van der Waals surface area contributed by atoms with Crippen LogP contribution in [0.5, 0.6) is 0 Å². The molecule has 0 saturated carbocycles. The van der Waals surface area contributed by atoms with E-state index in [0.717, 1.165) is 23.5 Å². The summed E-state index contributed by atoms with van der Waals surface area (Å²) >= 11 is 13.2. The van der Waals surface area contributed by atoms with Crippen molar-refractivity contribution >= 4 is 40.3 Å². The number of rotatable bonds is 3. The minimum Gasteiger partial charge on any atom is -0.308 e. The molecular weight excluding hydrogens is 385 g/mol. The lowest BCUT2D eigenvalue weighted by Gasteiger charge is -2.27. The van der Waals surface area contributed by atoms with Crippen LogP contribution in [0.2, 0.25) is 10.0 Å². The van der Waals surface area contributed by atoms with Crippen LogP contribution >= 0.6 is 23.2 Å². The van der Waals surface area contributed by atoms with Gasteiger partial charge in [-0.1, -0.05) is 77.8 Å². The second-order valence-corrected chi connectivity index (χ2v) is 7.73. The topological polar surface area (TPSA) is 3.24 Å². The van der Waals surface area contributed by atoms with Crippen LogP contribution in [0.15, 0.2) is 91.0 Å². The number of hydrogen-bond acceptors (Lipinski definition) is 1.